The van der Waals surface area contributed by atoms with Gasteiger partial charge in [-0.25, -0.2) is 0 Å². The summed E-state index contributed by atoms with van der Waals surface area (Å²) in [6.45, 7) is 1.83. The number of benzene rings is 3. The third-order valence-electron chi connectivity index (χ3n) is 5.07. The predicted molar refractivity (Wildman–Crippen MR) is 115 cm³/mol. The van der Waals surface area contributed by atoms with Crippen molar-refractivity contribution in [2.75, 3.05) is 20.8 Å². The molecule has 3 heteroatoms. The number of rotatable bonds is 10. The molecular weight excluding hydrogens is 346 g/mol. The van der Waals surface area contributed by atoms with Crippen LogP contribution in [0.1, 0.15) is 29.0 Å². The Balaban J connectivity index is 1.59. The largest absolute Gasteiger partial charge is 0.497 e. The summed E-state index contributed by atoms with van der Waals surface area (Å²) < 4.78 is 10.5. The van der Waals surface area contributed by atoms with Gasteiger partial charge in [0, 0.05) is 6.54 Å². The van der Waals surface area contributed by atoms with E-state index in [1.165, 1.54) is 16.7 Å². The molecule has 0 unspecified atom stereocenters. The maximum atomic E-state index is 5.31. The van der Waals surface area contributed by atoms with Crippen LogP contribution in [-0.2, 0) is 13.0 Å². The van der Waals surface area contributed by atoms with Crippen molar-refractivity contribution in [3.63, 3.8) is 0 Å². The van der Waals surface area contributed by atoms with Gasteiger partial charge in [-0.3, -0.25) is 0 Å². The van der Waals surface area contributed by atoms with Crippen molar-refractivity contribution in [2.24, 2.45) is 0 Å². The number of hydrogen-bond acceptors (Lipinski definition) is 3. The molecule has 3 nitrogen and oxygen atoms in total. The van der Waals surface area contributed by atoms with E-state index in [-0.39, 0.29) is 0 Å². The van der Waals surface area contributed by atoms with E-state index >= 15 is 0 Å². The SMILES string of the molecule is COc1ccc(CNCC[C@@H](Cc2ccccc2)c2ccc(OC)cc2)cc1. The van der Waals surface area contributed by atoms with Crippen LogP contribution in [0.3, 0.4) is 0 Å². The van der Waals surface area contributed by atoms with Gasteiger partial charge in [0.05, 0.1) is 14.2 Å². The zero-order chi connectivity index (χ0) is 19.6. The molecule has 0 aromatic heterocycles. The van der Waals surface area contributed by atoms with Crippen LogP contribution in [0.5, 0.6) is 11.5 Å². The van der Waals surface area contributed by atoms with Crippen LogP contribution in [0, 0.1) is 0 Å². The molecule has 0 bridgehead atoms. The molecular formula is C25H29NO2. The Kier molecular flexibility index (Phi) is 7.51. The highest BCUT2D eigenvalue weighted by Crippen LogP contribution is 2.26. The minimum Gasteiger partial charge on any atom is -0.497 e. The first-order valence-electron chi connectivity index (χ1n) is 9.80. The molecule has 0 aliphatic carbocycles. The molecule has 3 aromatic carbocycles. The predicted octanol–water partition coefficient (Wildman–Crippen LogP) is 5.21. The van der Waals surface area contributed by atoms with Gasteiger partial charge < -0.3 is 14.8 Å². The Hall–Kier alpha value is -2.78. The van der Waals surface area contributed by atoms with E-state index in [1.54, 1.807) is 14.2 Å². The van der Waals surface area contributed by atoms with Crippen molar-refractivity contribution in [1.82, 2.24) is 5.32 Å². The number of ether oxygens (including phenoxy) is 2. The van der Waals surface area contributed by atoms with Gasteiger partial charge in [0.25, 0.3) is 0 Å². The van der Waals surface area contributed by atoms with Crippen molar-refractivity contribution < 1.29 is 9.47 Å². The van der Waals surface area contributed by atoms with Gasteiger partial charge in [0.2, 0.25) is 0 Å². The fraction of sp³-hybridized carbons (Fsp3) is 0.280. The van der Waals surface area contributed by atoms with Crippen LogP contribution in [0.25, 0.3) is 0 Å². The van der Waals surface area contributed by atoms with Crippen molar-refractivity contribution in [2.45, 2.75) is 25.3 Å². The first kappa shape index (κ1) is 20.0. The van der Waals surface area contributed by atoms with E-state index in [1.807, 2.05) is 12.1 Å². The summed E-state index contributed by atoms with van der Waals surface area (Å²) in [6, 6.07) is 27.4. The highest BCUT2D eigenvalue weighted by Gasteiger charge is 2.12. The smallest absolute Gasteiger partial charge is 0.118 e. The van der Waals surface area contributed by atoms with Gasteiger partial charge in [-0.05, 0) is 66.3 Å². The fourth-order valence-electron chi connectivity index (χ4n) is 3.41. The van der Waals surface area contributed by atoms with Crippen LogP contribution in [0.2, 0.25) is 0 Å². The molecule has 3 rings (SSSR count). The summed E-state index contributed by atoms with van der Waals surface area (Å²) in [4.78, 5) is 0. The van der Waals surface area contributed by atoms with Crippen molar-refractivity contribution >= 4 is 0 Å². The molecule has 0 saturated heterocycles. The van der Waals surface area contributed by atoms with Crippen LogP contribution in [0.4, 0.5) is 0 Å². The molecule has 0 heterocycles. The zero-order valence-corrected chi connectivity index (χ0v) is 16.7. The number of hydrogen-bond donors (Lipinski definition) is 1. The third kappa shape index (κ3) is 5.86. The van der Waals surface area contributed by atoms with Gasteiger partial charge in [-0.1, -0.05) is 54.6 Å². The molecule has 0 saturated carbocycles. The van der Waals surface area contributed by atoms with Gasteiger partial charge in [-0.2, -0.15) is 0 Å². The molecule has 3 aromatic rings. The molecule has 0 spiro atoms. The Morgan fingerprint density at radius 1 is 0.714 bits per heavy atom. The van der Waals surface area contributed by atoms with E-state index < -0.39 is 0 Å². The molecule has 0 amide bonds. The monoisotopic (exact) mass is 375 g/mol. The van der Waals surface area contributed by atoms with E-state index in [0.29, 0.717) is 5.92 Å². The van der Waals surface area contributed by atoms with Gasteiger partial charge >= 0.3 is 0 Å². The summed E-state index contributed by atoms with van der Waals surface area (Å²) in [7, 11) is 3.40. The highest BCUT2D eigenvalue weighted by molar-refractivity contribution is 5.31. The molecule has 0 aliphatic rings. The van der Waals surface area contributed by atoms with E-state index in [0.717, 1.165) is 37.4 Å². The standard InChI is InChI=1S/C25H29NO2/c1-27-24-12-8-21(9-13-24)19-26-17-16-23(18-20-6-4-3-5-7-20)22-10-14-25(28-2)15-11-22/h3-15,23,26H,16-19H2,1-2H3/t23-/m0/s1. The molecule has 28 heavy (non-hydrogen) atoms. The lowest BCUT2D eigenvalue weighted by Gasteiger charge is -2.19. The molecule has 0 aliphatic heterocycles. The molecule has 0 radical (unpaired) electrons. The number of methoxy groups -OCH3 is 2. The second-order valence-electron chi connectivity index (χ2n) is 6.97. The molecule has 146 valence electrons. The maximum absolute atomic E-state index is 5.31. The zero-order valence-electron chi connectivity index (χ0n) is 16.7. The second kappa shape index (κ2) is 10.5. The molecule has 1 atom stereocenters. The second-order valence-corrected chi connectivity index (χ2v) is 6.97. The van der Waals surface area contributed by atoms with Crippen molar-refractivity contribution in [3.05, 3.63) is 95.6 Å². The van der Waals surface area contributed by atoms with E-state index in [2.05, 4.69) is 72.0 Å². The Labute approximate surface area is 168 Å². The lowest BCUT2D eigenvalue weighted by atomic mass is 9.89. The van der Waals surface area contributed by atoms with Gasteiger partial charge in [0.1, 0.15) is 11.5 Å². The fourth-order valence-corrected chi connectivity index (χ4v) is 3.41. The quantitative estimate of drug-likeness (QED) is 0.494. The van der Waals surface area contributed by atoms with Crippen LogP contribution < -0.4 is 14.8 Å². The summed E-state index contributed by atoms with van der Waals surface area (Å²) in [5.41, 5.74) is 4.00. The third-order valence-corrected chi connectivity index (χ3v) is 5.07. The number of nitrogens with one attached hydrogen (secondary N) is 1. The summed E-state index contributed by atoms with van der Waals surface area (Å²) in [6.07, 6.45) is 2.12. The Morgan fingerprint density at radius 3 is 1.93 bits per heavy atom. The van der Waals surface area contributed by atoms with E-state index in [9.17, 15) is 0 Å². The Bertz CT molecular complexity index is 813. The molecule has 0 fully saturated rings. The summed E-state index contributed by atoms with van der Waals surface area (Å²) in [5.74, 6) is 2.27. The maximum Gasteiger partial charge on any atom is 0.118 e. The average molecular weight is 376 g/mol. The molecule has 1 N–H and O–H groups in total. The minimum absolute atomic E-state index is 0.469. The first-order valence-corrected chi connectivity index (χ1v) is 9.80. The lowest BCUT2D eigenvalue weighted by molar-refractivity contribution is 0.414. The van der Waals surface area contributed by atoms with Crippen molar-refractivity contribution in [3.8, 4) is 11.5 Å². The van der Waals surface area contributed by atoms with Crippen LogP contribution >= 0.6 is 0 Å². The summed E-state index contributed by atoms with van der Waals surface area (Å²) in [5, 5.41) is 3.58. The van der Waals surface area contributed by atoms with Crippen LogP contribution in [-0.4, -0.2) is 20.8 Å². The van der Waals surface area contributed by atoms with E-state index in [4.69, 9.17) is 9.47 Å². The average Bonchev–Trinajstić information content (AvgIpc) is 2.77. The lowest BCUT2D eigenvalue weighted by Crippen LogP contribution is -2.18. The summed E-state index contributed by atoms with van der Waals surface area (Å²) >= 11 is 0. The van der Waals surface area contributed by atoms with Crippen molar-refractivity contribution in [1.29, 1.82) is 0 Å². The van der Waals surface area contributed by atoms with Gasteiger partial charge in [0.15, 0.2) is 0 Å². The minimum atomic E-state index is 0.469. The highest BCUT2D eigenvalue weighted by atomic mass is 16.5. The Morgan fingerprint density at radius 2 is 1.32 bits per heavy atom. The normalized spacial score (nSPS) is 11.8. The van der Waals surface area contributed by atoms with Crippen LogP contribution in [0.15, 0.2) is 78.9 Å². The topological polar surface area (TPSA) is 30.5 Å². The van der Waals surface area contributed by atoms with Gasteiger partial charge in [-0.15, -0.1) is 0 Å². The first-order chi connectivity index (χ1) is 13.8.